The number of carbonyl (C=O) groups is 3. The van der Waals surface area contributed by atoms with Crippen molar-refractivity contribution >= 4 is 28.3 Å². The van der Waals surface area contributed by atoms with Gasteiger partial charge >= 0.3 is 0 Å². The Kier molecular flexibility index (Phi) is 9.51. The Balaban J connectivity index is 0.00000114. The summed E-state index contributed by atoms with van der Waals surface area (Å²) in [5.74, 6) is -0.502. The monoisotopic (exact) mass is 402 g/mol. The van der Waals surface area contributed by atoms with Crippen LogP contribution in [0.3, 0.4) is 0 Å². The van der Waals surface area contributed by atoms with E-state index in [9.17, 15) is 18.0 Å². The molecule has 11 heteroatoms. The van der Waals surface area contributed by atoms with Crippen molar-refractivity contribution in [1.82, 2.24) is 20.3 Å². The van der Waals surface area contributed by atoms with E-state index in [2.05, 4.69) is 20.3 Å². The fourth-order valence-corrected chi connectivity index (χ4v) is 3.36. The van der Waals surface area contributed by atoms with Gasteiger partial charge in [-0.15, -0.1) is 0 Å². The lowest BCUT2D eigenvalue weighted by Crippen LogP contribution is -2.42. The minimum absolute atomic E-state index is 0.0644. The highest BCUT2D eigenvalue weighted by molar-refractivity contribution is 7.89. The van der Waals surface area contributed by atoms with Crippen LogP contribution in [0.5, 0.6) is 0 Å². The van der Waals surface area contributed by atoms with Crippen molar-refractivity contribution in [2.45, 2.75) is 31.7 Å². The SMILES string of the molecule is CNS(=O)(=O)CCNC(=O)C1CCC(NC(=O)c2ccc[nH]2)CC1.O=CO. The van der Waals surface area contributed by atoms with Crippen LogP contribution in [0, 0.1) is 5.92 Å². The molecule has 2 rings (SSSR count). The number of sulfonamides is 1. The Labute approximate surface area is 158 Å². The lowest BCUT2D eigenvalue weighted by Gasteiger charge is -2.28. The Morgan fingerprint density at radius 2 is 1.93 bits per heavy atom. The summed E-state index contributed by atoms with van der Waals surface area (Å²) in [6, 6.07) is 3.55. The molecule has 0 bridgehead atoms. The summed E-state index contributed by atoms with van der Waals surface area (Å²) in [5.41, 5.74) is 0.528. The first-order valence-corrected chi connectivity index (χ1v) is 10.2. The van der Waals surface area contributed by atoms with Crippen LogP contribution in [0.1, 0.15) is 36.2 Å². The predicted molar refractivity (Wildman–Crippen MR) is 98.6 cm³/mol. The quantitative estimate of drug-likeness (QED) is 0.393. The van der Waals surface area contributed by atoms with Crippen molar-refractivity contribution in [3.05, 3.63) is 24.0 Å². The minimum atomic E-state index is -3.30. The van der Waals surface area contributed by atoms with Gasteiger partial charge in [-0.1, -0.05) is 0 Å². The summed E-state index contributed by atoms with van der Waals surface area (Å²) in [6.07, 6.45) is 4.53. The summed E-state index contributed by atoms with van der Waals surface area (Å²) in [6.45, 7) is -0.147. The highest BCUT2D eigenvalue weighted by Gasteiger charge is 2.27. The van der Waals surface area contributed by atoms with Gasteiger partial charge in [0.25, 0.3) is 12.4 Å². The second-order valence-electron chi connectivity index (χ2n) is 6.03. The molecule has 10 nitrogen and oxygen atoms in total. The van der Waals surface area contributed by atoms with Gasteiger partial charge in [-0.2, -0.15) is 0 Å². The summed E-state index contributed by atoms with van der Waals surface area (Å²) in [4.78, 5) is 35.3. The average molecular weight is 402 g/mol. The second-order valence-corrected chi connectivity index (χ2v) is 8.07. The van der Waals surface area contributed by atoms with Crippen molar-refractivity contribution in [3.63, 3.8) is 0 Å². The standard InChI is InChI=1S/C15H24N4O4S.CH2O2/c1-16-24(22,23)10-9-18-14(20)11-4-6-12(7-5-11)19-15(21)13-3-2-8-17-13;2-1-3/h2-3,8,11-12,16-17H,4-7,9-10H2,1H3,(H,18,20)(H,19,21);1H,(H,2,3). The average Bonchev–Trinajstić information content (AvgIpc) is 3.17. The van der Waals surface area contributed by atoms with Crippen molar-refractivity contribution in [2.75, 3.05) is 19.3 Å². The molecule has 0 saturated heterocycles. The van der Waals surface area contributed by atoms with Crippen LogP contribution in [-0.2, 0) is 19.6 Å². The van der Waals surface area contributed by atoms with E-state index >= 15 is 0 Å². The van der Waals surface area contributed by atoms with Crippen LogP contribution in [0.4, 0.5) is 0 Å². The first-order valence-electron chi connectivity index (χ1n) is 8.54. The first-order chi connectivity index (χ1) is 12.8. The third kappa shape index (κ3) is 8.22. The van der Waals surface area contributed by atoms with Crippen molar-refractivity contribution in [1.29, 1.82) is 0 Å². The molecule has 1 aromatic rings. The van der Waals surface area contributed by atoms with E-state index in [-0.39, 0.29) is 42.5 Å². The highest BCUT2D eigenvalue weighted by Crippen LogP contribution is 2.24. The van der Waals surface area contributed by atoms with Gasteiger partial charge in [0.15, 0.2) is 0 Å². The molecule has 0 aromatic carbocycles. The van der Waals surface area contributed by atoms with Crippen LogP contribution in [-0.4, -0.2) is 62.2 Å². The Hall–Kier alpha value is -2.40. The molecule has 27 heavy (non-hydrogen) atoms. The molecule has 5 N–H and O–H groups in total. The van der Waals surface area contributed by atoms with Crippen molar-refractivity contribution < 1.29 is 27.9 Å². The summed E-state index contributed by atoms with van der Waals surface area (Å²) < 4.78 is 24.8. The maximum absolute atomic E-state index is 12.1. The fraction of sp³-hybridized carbons (Fsp3) is 0.562. The molecule has 152 valence electrons. The number of carbonyl (C=O) groups excluding carboxylic acids is 2. The van der Waals surface area contributed by atoms with E-state index in [4.69, 9.17) is 9.90 Å². The summed E-state index contributed by atoms with van der Waals surface area (Å²) >= 11 is 0. The minimum Gasteiger partial charge on any atom is -0.483 e. The third-order valence-corrected chi connectivity index (χ3v) is 5.62. The largest absolute Gasteiger partial charge is 0.483 e. The molecule has 1 heterocycles. The zero-order valence-electron chi connectivity index (χ0n) is 15.1. The number of aromatic amines is 1. The highest BCUT2D eigenvalue weighted by atomic mass is 32.2. The van der Waals surface area contributed by atoms with Gasteiger partial charge in [0, 0.05) is 24.7 Å². The summed E-state index contributed by atoms with van der Waals surface area (Å²) in [7, 11) is -1.96. The number of amides is 2. The molecule has 1 fully saturated rings. The summed E-state index contributed by atoms with van der Waals surface area (Å²) in [5, 5.41) is 12.5. The zero-order chi connectivity index (χ0) is 20.3. The molecule has 1 aromatic heterocycles. The van der Waals surface area contributed by atoms with E-state index in [1.165, 1.54) is 7.05 Å². The number of aromatic nitrogens is 1. The van der Waals surface area contributed by atoms with Crippen LogP contribution in [0.2, 0.25) is 0 Å². The molecule has 0 aliphatic heterocycles. The van der Waals surface area contributed by atoms with Crippen LogP contribution in [0.25, 0.3) is 0 Å². The van der Waals surface area contributed by atoms with Crippen LogP contribution >= 0.6 is 0 Å². The van der Waals surface area contributed by atoms with Gasteiger partial charge in [0.2, 0.25) is 15.9 Å². The third-order valence-electron chi connectivity index (χ3n) is 4.26. The topological polar surface area (TPSA) is 157 Å². The molecule has 0 atom stereocenters. The Bertz CT molecular complexity index is 697. The molecule has 0 unspecified atom stereocenters. The molecule has 2 amide bonds. The van der Waals surface area contributed by atoms with Gasteiger partial charge in [-0.3, -0.25) is 14.4 Å². The van der Waals surface area contributed by atoms with Gasteiger partial charge in [-0.25, -0.2) is 13.1 Å². The van der Waals surface area contributed by atoms with E-state index in [1.807, 2.05) is 0 Å². The van der Waals surface area contributed by atoms with Gasteiger partial charge in [0.1, 0.15) is 5.69 Å². The molecular formula is C16H26N4O6S. The maximum atomic E-state index is 12.1. The predicted octanol–water partition coefficient (Wildman–Crippen LogP) is -0.330. The zero-order valence-corrected chi connectivity index (χ0v) is 15.9. The van der Waals surface area contributed by atoms with Gasteiger partial charge < -0.3 is 20.7 Å². The lowest BCUT2D eigenvalue weighted by molar-refractivity contribution is -0.126. The lowest BCUT2D eigenvalue weighted by atomic mass is 9.85. The Morgan fingerprint density at radius 3 is 2.44 bits per heavy atom. The van der Waals surface area contributed by atoms with E-state index in [1.54, 1.807) is 18.3 Å². The van der Waals surface area contributed by atoms with Gasteiger partial charge in [-0.05, 0) is 44.9 Å². The van der Waals surface area contributed by atoms with Crippen molar-refractivity contribution in [3.8, 4) is 0 Å². The van der Waals surface area contributed by atoms with E-state index in [0.29, 0.717) is 18.5 Å². The normalized spacial score (nSPS) is 19.3. The second kappa shape index (κ2) is 11.3. The van der Waals surface area contributed by atoms with E-state index < -0.39 is 10.0 Å². The number of hydrogen-bond donors (Lipinski definition) is 5. The molecule has 0 spiro atoms. The van der Waals surface area contributed by atoms with Crippen molar-refractivity contribution in [2.24, 2.45) is 5.92 Å². The van der Waals surface area contributed by atoms with E-state index in [0.717, 1.165) is 12.8 Å². The van der Waals surface area contributed by atoms with Gasteiger partial charge in [0.05, 0.1) is 5.75 Å². The van der Waals surface area contributed by atoms with Crippen LogP contribution < -0.4 is 15.4 Å². The number of hydrogen-bond acceptors (Lipinski definition) is 5. The number of rotatable bonds is 7. The molecule has 1 aliphatic rings. The smallest absolute Gasteiger partial charge is 0.290 e. The molecule has 1 aliphatic carbocycles. The molecule has 1 saturated carbocycles. The first kappa shape index (κ1) is 22.6. The number of carboxylic acid groups (broad SMARTS) is 1. The maximum Gasteiger partial charge on any atom is 0.290 e. The number of H-pyrrole nitrogens is 1. The Morgan fingerprint density at radius 1 is 1.30 bits per heavy atom. The van der Waals surface area contributed by atoms with Crippen LogP contribution in [0.15, 0.2) is 18.3 Å². The molecular weight excluding hydrogens is 376 g/mol. The number of nitrogens with one attached hydrogen (secondary N) is 4. The fourth-order valence-electron chi connectivity index (χ4n) is 2.79. The molecule has 0 radical (unpaired) electrons.